The van der Waals surface area contributed by atoms with Crippen LogP contribution in [0.2, 0.25) is 5.02 Å². The normalized spacial score (nSPS) is 9.50. The molecule has 2 nitrogen and oxygen atoms in total. The van der Waals surface area contributed by atoms with Gasteiger partial charge in [-0.25, -0.2) is 4.79 Å². The fourth-order valence-corrected chi connectivity index (χ4v) is 0.887. The minimum Gasteiger partial charge on any atom is -0.455 e. The topological polar surface area (TPSA) is 26.3 Å². The van der Waals surface area contributed by atoms with E-state index >= 15 is 0 Å². The Kier molecular flexibility index (Phi) is 3.11. The Hall–Kier alpha value is -1.02. The van der Waals surface area contributed by atoms with Crippen molar-refractivity contribution < 1.29 is 9.53 Å². The van der Waals surface area contributed by atoms with Gasteiger partial charge in [-0.05, 0) is 31.2 Å². The number of hydrogen-bond acceptors (Lipinski definition) is 2. The van der Waals surface area contributed by atoms with Crippen molar-refractivity contribution in [3.05, 3.63) is 41.5 Å². The zero-order chi connectivity index (χ0) is 8.97. The standard InChI is InChI=1S/C9H8ClO2/c1-2-12-9(11)7-3-5-8(10)6-4-7/h2-6H,1H3. The van der Waals surface area contributed by atoms with Crippen molar-refractivity contribution in [2.75, 3.05) is 0 Å². The van der Waals surface area contributed by atoms with Gasteiger partial charge >= 0.3 is 5.97 Å². The molecule has 0 amide bonds. The van der Waals surface area contributed by atoms with Crippen LogP contribution >= 0.6 is 11.6 Å². The van der Waals surface area contributed by atoms with Gasteiger partial charge in [-0.3, -0.25) is 0 Å². The van der Waals surface area contributed by atoms with E-state index in [-0.39, 0.29) is 5.97 Å². The van der Waals surface area contributed by atoms with Crippen molar-refractivity contribution in [3.63, 3.8) is 0 Å². The molecule has 0 aliphatic rings. The fraction of sp³-hybridized carbons (Fsp3) is 0.111. The van der Waals surface area contributed by atoms with Crippen molar-refractivity contribution in [1.82, 2.24) is 0 Å². The summed E-state index contributed by atoms with van der Waals surface area (Å²) in [5, 5.41) is 0.604. The van der Waals surface area contributed by atoms with E-state index in [2.05, 4.69) is 4.74 Å². The number of carbonyl (C=O) groups is 1. The van der Waals surface area contributed by atoms with Crippen LogP contribution < -0.4 is 0 Å². The summed E-state index contributed by atoms with van der Waals surface area (Å²) in [7, 11) is 0. The van der Waals surface area contributed by atoms with Crippen LogP contribution in [0.15, 0.2) is 24.3 Å². The maximum absolute atomic E-state index is 11.1. The van der Waals surface area contributed by atoms with E-state index in [4.69, 9.17) is 11.6 Å². The van der Waals surface area contributed by atoms with Crippen LogP contribution in [-0.4, -0.2) is 5.97 Å². The van der Waals surface area contributed by atoms with Crippen molar-refractivity contribution in [2.45, 2.75) is 6.92 Å². The Morgan fingerprint density at radius 3 is 2.50 bits per heavy atom. The lowest BCUT2D eigenvalue weighted by molar-refractivity contribution is 0.0612. The van der Waals surface area contributed by atoms with Crippen LogP contribution in [0.4, 0.5) is 0 Å². The second kappa shape index (κ2) is 4.12. The SMILES string of the molecule is C[CH]OC(=O)c1ccc(Cl)cc1. The highest BCUT2D eigenvalue weighted by molar-refractivity contribution is 6.30. The van der Waals surface area contributed by atoms with Gasteiger partial charge in [0.25, 0.3) is 0 Å². The van der Waals surface area contributed by atoms with Gasteiger partial charge in [0.05, 0.1) is 5.56 Å². The molecule has 0 spiro atoms. The monoisotopic (exact) mass is 183 g/mol. The highest BCUT2D eigenvalue weighted by atomic mass is 35.5. The minimum atomic E-state index is -0.367. The second-order valence-corrected chi connectivity index (χ2v) is 2.58. The molecule has 63 valence electrons. The first kappa shape index (κ1) is 9.07. The number of rotatable bonds is 2. The molecule has 0 heterocycles. The van der Waals surface area contributed by atoms with Gasteiger partial charge in [0.2, 0.25) is 0 Å². The van der Waals surface area contributed by atoms with E-state index in [1.54, 1.807) is 31.2 Å². The van der Waals surface area contributed by atoms with E-state index < -0.39 is 0 Å². The lowest BCUT2D eigenvalue weighted by atomic mass is 10.2. The Morgan fingerprint density at radius 1 is 1.42 bits per heavy atom. The average Bonchev–Trinajstić information content (AvgIpc) is 2.06. The molecule has 12 heavy (non-hydrogen) atoms. The number of halogens is 1. The highest BCUT2D eigenvalue weighted by Gasteiger charge is 2.04. The first-order valence-electron chi connectivity index (χ1n) is 3.48. The molecule has 3 heteroatoms. The summed E-state index contributed by atoms with van der Waals surface area (Å²) in [4.78, 5) is 11.1. The number of hydrogen-bond donors (Lipinski definition) is 0. The second-order valence-electron chi connectivity index (χ2n) is 2.15. The first-order valence-corrected chi connectivity index (χ1v) is 3.86. The third-order valence-corrected chi connectivity index (χ3v) is 1.56. The molecule has 0 saturated carbocycles. The molecule has 0 saturated heterocycles. The van der Waals surface area contributed by atoms with E-state index in [1.165, 1.54) is 6.61 Å². The first-order chi connectivity index (χ1) is 5.74. The summed E-state index contributed by atoms with van der Waals surface area (Å²) in [5.74, 6) is -0.367. The Morgan fingerprint density at radius 2 is 2.00 bits per heavy atom. The molecule has 0 bridgehead atoms. The number of carbonyl (C=O) groups excluding carboxylic acids is 1. The average molecular weight is 184 g/mol. The van der Waals surface area contributed by atoms with Crippen molar-refractivity contribution >= 4 is 17.6 Å². The summed E-state index contributed by atoms with van der Waals surface area (Å²) in [6.45, 7) is 2.99. The van der Waals surface area contributed by atoms with Crippen LogP contribution in [0.1, 0.15) is 17.3 Å². The molecule has 0 unspecified atom stereocenters. The van der Waals surface area contributed by atoms with Crippen LogP contribution in [0.25, 0.3) is 0 Å². The van der Waals surface area contributed by atoms with E-state index in [1.807, 2.05) is 0 Å². The maximum atomic E-state index is 11.1. The molecule has 1 aromatic rings. The van der Waals surface area contributed by atoms with Crippen LogP contribution in [0.5, 0.6) is 0 Å². The van der Waals surface area contributed by atoms with E-state index in [0.717, 1.165) is 0 Å². The zero-order valence-corrected chi connectivity index (χ0v) is 7.34. The van der Waals surface area contributed by atoms with Gasteiger partial charge in [0.1, 0.15) is 6.61 Å². The molecule has 0 aromatic heterocycles. The summed E-state index contributed by atoms with van der Waals surface area (Å²) in [6, 6.07) is 6.53. The molecule has 0 atom stereocenters. The number of ether oxygens (including phenoxy) is 1. The van der Waals surface area contributed by atoms with Gasteiger partial charge in [-0.15, -0.1) is 0 Å². The predicted octanol–water partition coefficient (Wildman–Crippen LogP) is 2.68. The highest BCUT2D eigenvalue weighted by Crippen LogP contribution is 2.10. The lowest BCUT2D eigenvalue weighted by Crippen LogP contribution is -2.00. The molecule has 1 radical (unpaired) electrons. The third-order valence-electron chi connectivity index (χ3n) is 1.30. The Balaban J connectivity index is 2.75. The van der Waals surface area contributed by atoms with E-state index in [9.17, 15) is 4.79 Å². The summed E-state index contributed by atoms with van der Waals surface area (Å²) in [5.41, 5.74) is 0.498. The fourth-order valence-electron chi connectivity index (χ4n) is 0.761. The van der Waals surface area contributed by atoms with Gasteiger partial charge < -0.3 is 4.74 Å². The minimum absolute atomic E-state index is 0.367. The molecule has 0 fully saturated rings. The number of benzene rings is 1. The van der Waals surface area contributed by atoms with Gasteiger partial charge in [0.15, 0.2) is 0 Å². The lowest BCUT2D eigenvalue weighted by Gasteiger charge is -1.99. The van der Waals surface area contributed by atoms with Gasteiger partial charge in [0, 0.05) is 5.02 Å². The van der Waals surface area contributed by atoms with Crippen molar-refractivity contribution in [3.8, 4) is 0 Å². The summed E-state index contributed by atoms with van der Waals surface area (Å²) in [6.07, 6.45) is 0. The Bertz CT molecular complexity index is 266. The van der Waals surface area contributed by atoms with Gasteiger partial charge in [-0.1, -0.05) is 11.6 Å². The van der Waals surface area contributed by atoms with Crippen molar-refractivity contribution in [1.29, 1.82) is 0 Å². The maximum Gasteiger partial charge on any atom is 0.338 e. The summed E-state index contributed by atoms with van der Waals surface area (Å²) < 4.78 is 4.66. The molecule has 1 rings (SSSR count). The molecule has 0 aliphatic heterocycles. The zero-order valence-electron chi connectivity index (χ0n) is 6.58. The quantitative estimate of drug-likeness (QED) is 0.659. The van der Waals surface area contributed by atoms with Crippen molar-refractivity contribution in [2.24, 2.45) is 0 Å². The van der Waals surface area contributed by atoms with E-state index in [0.29, 0.717) is 10.6 Å². The molecule has 0 aliphatic carbocycles. The van der Waals surface area contributed by atoms with Crippen LogP contribution in [0, 0.1) is 6.61 Å². The van der Waals surface area contributed by atoms with Crippen LogP contribution in [-0.2, 0) is 4.74 Å². The van der Waals surface area contributed by atoms with Gasteiger partial charge in [-0.2, -0.15) is 0 Å². The Labute approximate surface area is 76.1 Å². The molecule has 1 aromatic carbocycles. The predicted molar refractivity (Wildman–Crippen MR) is 46.8 cm³/mol. The largest absolute Gasteiger partial charge is 0.455 e. The molecular formula is C9H8ClO2. The smallest absolute Gasteiger partial charge is 0.338 e. The van der Waals surface area contributed by atoms with Crippen LogP contribution in [0.3, 0.4) is 0 Å². The number of esters is 1. The molecule has 0 N–H and O–H groups in total. The molecular weight excluding hydrogens is 176 g/mol. The third kappa shape index (κ3) is 2.24. The summed E-state index contributed by atoms with van der Waals surface area (Å²) >= 11 is 5.63.